The Morgan fingerprint density at radius 2 is 1.59 bits per heavy atom. The number of anilines is 1. The summed E-state index contributed by atoms with van der Waals surface area (Å²) in [5.41, 5.74) is 2.95. The molecule has 0 atom stereocenters. The zero-order chi connectivity index (χ0) is 28.4. The highest BCUT2D eigenvalue weighted by molar-refractivity contribution is 7.92. The van der Waals surface area contributed by atoms with E-state index in [4.69, 9.17) is 18.9 Å². The van der Waals surface area contributed by atoms with E-state index >= 15 is 0 Å². The number of carbonyl (C=O) groups is 2. The number of nitrogens with zero attached hydrogens (tertiary/aromatic N) is 2. The van der Waals surface area contributed by atoms with Crippen molar-refractivity contribution in [1.82, 2.24) is 5.43 Å². The van der Waals surface area contributed by atoms with Crippen molar-refractivity contribution in [3.8, 4) is 23.0 Å². The van der Waals surface area contributed by atoms with Crippen LogP contribution in [0.2, 0.25) is 0 Å². The van der Waals surface area contributed by atoms with E-state index < -0.39 is 28.6 Å². The lowest BCUT2D eigenvalue weighted by Gasteiger charge is -2.25. The molecule has 3 aromatic rings. The first-order chi connectivity index (χ1) is 18.7. The number of methoxy groups -OCH3 is 4. The summed E-state index contributed by atoms with van der Waals surface area (Å²) in [6.07, 6.45) is 0.400. The third-order valence-electron chi connectivity index (χ3n) is 5.22. The molecule has 0 bridgehead atoms. The van der Waals surface area contributed by atoms with Gasteiger partial charge in [-0.05, 0) is 48.0 Å². The molecule has 1 amide bonds. The molecule has 0 aliphatic carbocycles. The lowest BCUT2D eigenvalue weighted by atomic mass is 10.2. The van der Waals surface area contributed by atoms with Gasteiger partial charge in [-0.25, -0.2) is 18.6 Å². The molecule has 39 heavy (non-hydrogen) atoms. The van der Waals surface area contributed by atoms with Crippen LogP contribution >= 0.6 is 0 Å². The van der Waals surface area contributed by atoms with Gasteiger partial charge in [0.15, 0.2) is 11.5 Å². The number of rotatable bonds is 11. The summed E-state index contributed by atoms with van der Waals surface area (Å²) in [6, 6.07) is 16.8. The summed E-state index contributed by atoms with van der Waals surface area (Å²) >= 11 is 0. The standard InChI is InChI=1S/C26H27N3O9S/c1-34-19-11-12-21(23(15-19)35-2)29(39(32,33)20-8-6-5-7-9-20)17-25(30)28-27-16-18-10-13-22(24(14-18)36-3)38-26(31)37-4/h5-16H,17H2,1-4H3,(H,28,30)/b27-16-. The Balaban J connectivity index is 1.85. The number of benzene rings is 3. The van der Waals surface area contributed by atoms with Gasteiger partial charge >= 0.3 is 6.16 Å². The second-order valence-electron chi connectivity index (χ2n) is 7.62. The fourth-order valence-corrected chi connectivity index (χ4v) is 4.79. The molecule has 13 heteroatoms. The van der Waals surface area contributed by atoms with E-state index in [0.29, 0.717) is 11.3 Å². The van der Waals surface area contributed by atoms with E-state index in [1.165, 1.54) is 71.1 Å². The second-order valence-corrected chi connectivity index (χ2v) is 9.48. The Morgan fingerprint density at radius 3 is 2.23 bits per heavy atom. The summed E-state index contributed by atoms with van der Waals surface area (Å²) in [5.74, 6) is 0.260. The van der Waals surface area contributed by atoms with Crippen LogP contribution in [0.1, 0.15) is 5.56 Å². The van der Waals surface area contributed by atoms with Crippen LogP contribution < -0.4 is 28.7 Å². The summed E-state index contributed by atoms with van der Waals surface area (Å²) < 4.78 is 53.3. The van der Waals surface area contributed by atoms with Gasteiger partial charge in [0.25, 0.3) is 15.9 Å². The van der Waals surface area contributed by atoms with Gasteiger partial charge in [0.05, 0.1) is 45.2 Å². The normalized spacial score (nSPS) is 11.0. The van der Waals surface area contributed by atoms with Crippen molar-refractivity contribution in [3.63, 3.8) is 0 Å². The van der Waals surface area contributed by atoms with Crippen LogP contribution in [0, 0.1) is 0 Å². The molecular formula is C26H27N3O9S. The van der Waals surface area contributed by atoms with Gasteiger partial charge < -0.3 is 23.7 Å². The number of amides is 1. The molecule has 0 saturated heterocycles. The molecule has 1 N–H and O–H groups in total. The van der Waals surface area contributed by atoms with Crippen molar-refractivity contribution in [2.24, 2.45) is 5.10 Å². The van der Waals surface area contributed by atoms with Gasteiger partial charge in [0, 0.05) is 6.07 Å². The number of hydrogen-bond donors (Lipinski definition) is 1. The van der Waals surface area contributed by atoms with E-state index in [0.717, 1.165) is 4.31 Å². The van der Waals surface area contributed by atoms with E-state index in [9.17, 15) is 18.0 Å². The van der Waals surface area contributed by atoms with Gasteiger partial charge in [0.2, 0.25) is 0 Å². The first-order valence-corrected chi connectivity index (χ1v) is 12.7. The van der Waals surface area contributed by atoms with E-state index in [1.54, 1.807) is 30.3 Å². The highest BCUT2D eigenvalue weighted by Crippen LogP contribution is 2.35. The van der Waals surface area contributed by atoms with Crippen LogP contribution in [0.15, 0.2) is 76.7 Å². The molecule has 3 aromatic carbocycles. The van der Waals surface area contributed by atoms with Crippen molar-refractivity contribution < 1.29 is 41.7 Å². The van der Waals surface area contributed by atoms with Crippen LogP contribution in [-0.4, -0.2) is 61.7 Å². The van der Waals surface area contributed by atoms with Crippen molar-refractivity contribution in [3.05, 3.63) is 72.3 Å². The highest BCUT2D eigenvalue weighted by atomic mass is 32.2. The Kier molecular flexibility index (Phi) is 9.70. The minimum absolute atomic E-state index is 0.0134. The summed E-state index contributed by atoms with van der Waals surface area (Å²) in [7, 11) is 1.24. The topological polar surface area (TPSA) is 142 Å². The average Bonchev–Trinajstić information content (AvgIpc) is 2.96. The smallest absolute Gasteiger partial charge is 0.497 e. The number of nitrogens with one attached hydrogen (secondary N) is 1. The van der Waals surface area contributed by atoms with Gasteiger partial charge in [-0.2, -0.15) is 5.10 Å². The number of hydrogen-bond acceptors (Lipinski definition) is 10. The predicted octanol–water partition coefficient (Wildman–Crippen LogP) is 3.20. The Labute approximate surface area is 225 Å². The summed E-state index contributed by atoms with van der Waals surface area (Å²) in [4.78, 5) is 24.2. The quantitative estimate of drug-likeness (QED) is 0.163. The maximum Gasteiger partial charge on any atom is 0.513 e. The van der Waals surface area contributed by atoms with E-state index in [2.05, 4.69) is 15.3 Å². The van der Waals surface area contributed by atoms with Gasteiger partial charge in [-0.3, -0.25) is 9.10 Å². The Hall–Kier alpha value is -4.78. The predicted molar refractivity (Wildman–Crippen MR) is 142 cm³/mol. The SMILES string of the molecule is COC(=O)Oc1ccc(/C=N\NC(=O)CN(c2ccc(OC)cc2OC)S(=O)(=O)c2ccccc2)cc1OC. The van der Waals surface area contributed by atoms with Crippen LogP contribution in [-0.2, 0) is 19.6 Å². The molecule has 0 spiro atoms. The largest absolute Gasteiger partial charge is 0.513 e. The third-order valence-corrected chi connectivity index (χ3v) is 7.00. The molecule has 206 valence electrons. The molecule has 0 fully saturated rings. The van der Waals surface area contributed by atoms with E-state index in [1.807, 2.05) is 0 Å². The zero-order valence-electron chi connectivity index (χ0n) is 21.6. The van der Waals surface area contributed by atoms with Crippen molar-refractivity contribution in [1.29, 1.82) is 0 Å². The first kappa shape index (κ1) is 28.8. The monoisotopic (exact) mass is 557 g/mol. The Morgan fingerprint density at radius 1 is 0.872 bits per heavy atom. The molecule has 0 unspecified atom stereocenters. The summed E-state index contributed by atoms with van der Waals surface area (Å²) in [5, 5.41) is 3.91. The molecule has 0 aliphatic heterocycles. The van der Waals surface area contributed by atoms with Crippen LogP contribution in [0.4, 0.5) is 10.5 Å². The zero-order valence-corrected chi connectivity index (χ0v) is 22.4. The molecule has 0 aliphatic rings. The summed E-state index contributed by atoms with van der Waals surface area (Å²) in [6.45, 7) is -0.605. The fourth-order valence-electron chi connectivity index (χ4n) is 3.34. The minimum atomic E-state index is -4.17. The van der Waals surface area contributed by atoms with E-state index in [-0.39, 0.29) is 27.8 Å². The maximum atomic E-state index is 13.5. The first-order valence-electron chi connectivity index (χ1n) is 11.3. The van der Waals surface area contributed by atoms with Crippen molar-refractivity contribution in [2.75, 3.05) is 39.3 Å². The number of hydrazone groups is 1. The molecule has 12 nitrogen and oxygen atoms in total. The second kappa shape index (κ2) is 13.1. The molecule has 0 radical (unpaired) electrons. The highest BCUT2D eigenvalue weighted by Gasteiger charge is 2.29. The lowest BCUT2D eigenvalue weighted by Crippen LogP contribution is -2.39. The molecule has 3 rings (SSSR count). The molecule has 0 heterocycles. The average molecular weight is 558 g/mol. The Bertz CT molecular complexity index is 1440. The lowest BCUT2D eigenvalue weighted by molar-refractivity contribution is -0.119. The van der Waals surface area contributed by atoms with Crippen LogP contribution in [0.5, 0.6) is 23.0 Å². The molecule has 0 saturated carbocycles. The number of ether oxygens (including phenoxy) is 5. The van der Waals surface area contributed by atoms with Crippen LogP contribution in [0.3, 0.4) is 0 Å². The third kappa shape index (κ3) is 7.17. The maximum absolute atomic E-state index is 13.5. The van der Waals surface area contributed by atoms with Crippen LogP contribution in [0.25, 0.3) is 0 Å². The van der Waals surface area contributed by atoms with Gasteiger partial charge in [-0.15, -0.1) is 0 Å². The fraction of sp³-hybridized carbons (Fsp3) is 0.192. The van der Waals surface area contributed by atoms with Crippen molar-refractivity contribution >= 4 is 34.0 Å². The number of carbonyl (C=O) groups excluding carboxylic acids is 2. The molecular weight excluding hydrogens is 530 g/mol. The number of sulfonamides is 1. The molecule has 0 aromatic heterocycles. The van der Waals surface area contributed by atoms with Crippen molar-refractivity contribution in [2.45, 2.75) is 4.90 Å². The minimum Gasteiger partial charge on any atom is -0.497 e. The van der Waals surface area contributed by atoms with Gasteiger partial charge in [-0.1, -0.05) is 18.2 Å². The van der Waals surface area contributed by atoms with Gasteiger partial charge in [0.1, 0.15) is 18.0 Å².